The summed E-state index contributed by atoms with van der Waals surface area (Å²) in [5.74, 6) is 0.0452. The highest BCUT2D eigenvalue weighted by atomic mass is 79.9. The lowest BCUT2D eigenvalue weighted by molar-refractivity contribution is -0.130. The number of nitrogens with one attached hydrogen (secondary N) is 1. The molecule has 0 aromatic carbocycles. The van der Waals surface area contributed by atoms with Crippen LogP contribution < -0.4 is 5.32 Å². The van der Waals surface area contributed by atoms with Crippen LogP contribution in [-0.4, -0.2) is 30.0 Å². The molecule has 1 saturated heterocycles. The van der Waals surface area contributed by atoms with E-state index in [2.05, 4.69) is 28.2 Å². The fourth-order valence-electron chi connectivity index (χ4n) is 1.33. The first-order valence-electron chi connectivity index (χ1n) is 4.75. The zero-order chi connectivity index (χ0) is 9.68. The van der Waals surface area contributed by atoms with E-state index in [0.717, 1.165) is 31.2 Å². The summed E-state index contributed by atoms with van der Waals surface area (Å²) >= 11 is 3.36. The number of hydrogen-bond acceptors (Lipinski definition) is 2. The summed E-state index contributed by atoms with van der Waals surface area (Å²) < 4.78 is 5.28. The highest BCUT2D eigenvalue weighted by Crippen LogP contribution is 2.12. The number of carbonyl (C=O) groups is 1. The van der Waals surface area contributed by atoms with Gasteiger partial charge in [-0.05, 0) is 19.3 Å². The molecule has 1 aliphatic heterocycles. The van der Waals surface area contributed by atoms with Gasteiger partial charge in [0.2, 0.25) is 5.91 Å². The van der Waals surface area contributed by atoms with Gasteiger partial charge in [-0.25, -0.2) is 0 Å². The van der Waals surface area contributed by atoms with Crippen LogP contribution in [0, 0.1) is 0 Å². The molecule has 0 aromatic heterocycles. The third kappa shape index (κ3) is 3.27. The van der Waals surface area contributed by atoms with Crippen molar-refractivity contribution in [3.05, 3.63) is 0 Å². The average Bonchev–Trinajstić information content (AvgIpc) is 2.66. The van der Waals surface area contributed by atoms with Gasteiger partial charge < -0.3 is 10.1 Å². The maximum Gasteiger partial charge on any atom is 0.249 e. The van der Waals surface area contributed by atoms with Crippen molar-refractivity contribution in [3.63, 3.8) is 0 Å². The molecule has 3 nitrogen and oxygen atoms in total. The highest BCUT2D eigenvalue weighted by molar-refractivity contribution is 9.09. The van der Waals surface area contributed by atoms with Crippen molar-refractivity contribution in [1.29, 1.82) is 0 Å². The van der Waals surface area contributed by atoms with Crippen molar-refractivity contribution >= 4 is 21.8 Å². The summed E-state index contributed by atoms with van der Waals surface area (Å²) in [5.41, 5.74) is 0. The van der Waals surface area contributed by atoms with Crippen molar-refractivity contribution in [3.8, 4) is 0 Å². The number of hydrogen-bond donors (Lipinski definition) is 1. The monoisotopic (exact) mass is 249 g/mol. The largest absolute Gasteiger partial charge is 0.368 e. The van der Waals surface area contributed by atoms with Crippen molar-refractivity contribution in [2.24, 2.45) is 0 Å². The molecule has 1 amide bonds. The Labute approximate surface area is 87.3 Å². The average molecular weight is 250 g/mol. The van der Waals surface area contributed by atoms with Gasteiger partial charge >= 0.3 is 0 Å². The normalized spacial score (nSPS) is 24.3. The predicted molar refractivity (Wildman–Crippen MR) is 55.0 cm³/mol. The molecule has 0 spiro atoms. The van der Waals surface area contributed by atoms with E-state index in [1.807, 2.05) is 0 Å². The molecule has 1 rings (SSSR count). The van der Waals surface area contributed by atoms with E-state index in [4.69, 9.17) is 4.74 Å². The lowest BCUT2D eigenvalue weighted by Crippen LogP contribution is -2.41. The van der Waals surface area contributed by atoms with Crippen LogP contribution >= 0.6 is 15.9 Å². The summed E-state index contributed by atoms with van der Waals surface area (Å²) in [6, 6.07) is 0.233. The molecule has 1 aliphatic rings. The fourth-order valence-corrected chi connectivity index (χ4v) is 1.95. The van der Waals surface area contributed by atoms with E-state index in [9.17, 15) is 4.79 Å². The number of rotatable bonds is 4. The molecule has 0 aromatic rings. The summed E-state index contributed by atoms with van der Waals surface area (Å²) in [6.45, 7) is 2.78. The Morgan fingerprint density at radius 2 is 2.54 bits per heavy atom. The zero-order valence-electron chi connectivity index (χ0n) is 7.88. The summed E-state index contributed by atoms with van der Waals surface area (Å²) in [7, 11) is 0. The first kappa shape index (κ1) is 11.0. The van der Waals surface area contributed by atoms with Crippen LogP contribution in [0.5, 0.6) is 0 Å². The van der Waals surface area contributed by atoms with Gasteiger partial charge in [0.1, 0.15) is 6.10 Å². The molecule has 76 valence electrons. The molecule has 0 saturated carbocycles. The molecule has 0 bridgehead atoms. The third-order valence-electron chi connectivity index (χ3n) is 2.25. The van der Waals surface area contributed by atoms with Gasteiger partial charge in [-0.15, -0.1) is 0 Å². The Kier molecular flexibility index (Phi) is 4.73. The number of carbonyl (C=O) groups excluding carboxylic acids is 1. The van der Waals surface area contributed by atoms with Crippen LogP contribution in [-0.2, 0) is 9.53 Å². The number of amides is 1. The molecule has 0 aliphatic carbocycles. The van der Waals surface area contributed by atoms with Gasteiger partial charge in [0.15, 0.2) is 0 Å². The smallest absolute Gasteiger partial charge is 0.249 e. The van der Waals surface area contributed by atoms with E-state index in [1.165, 1.54) is 0 Å². The maximum absolute atomic E-state index is 11.5. The Balaban J connectivity index is 2.30. The number of ether oxygens (including phenoxy) is 1. The van der Waals surface area contributed by atoms with Crippen molar-refractivity contribution in [2.45, 2.75) is 38.3 Å². The van der Waals surface area contributed by atoms with Gasteiger partial charge in [-0.3, -0.25) is 4.79 Å². The Morgan fingerprint density at radius 3 is 3.00 bits per heavy atom. The topological polar surface area (TPSA) is 38.3 Å². The Morgan fingerprint density at radius 1 is 1.77 bits per heavy atom. The maximum atomic E-state index is 11.5. The molecule has 1 heterocycles. The third-order valence-corrected chi connectivity index (χ3v) is 3.03. The second-order valence-electron chi connectivity index (χ2n) is 3.27. The molecule has 1 fully saturated rings. The molecule has 13 heavy (non-hydrogen) atoms. The highest BCUT2D eigenvalue weighted by Gasteiger charge is 2.24. The van der Waals surface area contributed by atoms with E-state index in [0.29, 0.717) is 0 Å². The summed E-state index contributed by atoms with van der Waals surface area (Å²) in [5, 5.41) is 3.75. The molecular weight excluding hydrogens is 234 g/mol. The molecule has 0 radical (unpaired) electrons. The Bertz CT molecular complexity index is 165. The van der Waals surface area contributed by atoms with Gasteiger partial charge in [-0.1, -0.05) is 22.9 Å². The van der Waals surface area contributed by atoms with Crippen molar-refractivity contribution in [1.82, 2.24) is 5.32 Å². The molecule has 2 unspecified atom stereocenters. The van der Waals surface area contributed by atoms with E-state index in [-0.39, 0.29) is 18.1 Å². The number of halogens is 1. The van der Waals surface area contributed by atoms with Crippen molar-refractivity contribution in [2.75, 3.05) is 11.9 Å². The van der Waals surface area contributed by atoms with Crippen LogP contribution in [0.4, 0.5) is 0 Å². The summed E-state index contributed by atoms with van der Waals surface area (Å²) in [6.07, 6.45) is 2.62. The lowest BCUT2D eigenvalue weighted by Gasteiger charge is -2.16. The van der Waals surface area contributed by atoms with E-state index >= 15 is 0 Å². The van der Waals surface area contributed by atoms with Gasteiger partial charge in [-0.2, -0.15) is 0 Å². The second kappa shape index (κ2) is 5.60. The number of alkyl halides is 1. The fraction of sp³-hybridized carbons (Fsp3) is 0.889. The van der Waals surface area contributed by atoms with E-state index in [1.54, 1.807) is 0 Å². The minimum Gasteiger partial charge on any atom is -0.368 e. The van der Waals surface area contributed by atoms with Gasteiger partial charge in [0, 0.05) is 18.0 Å². The quantitative estimate of drug-likeness (QED) is 0.767. The molecular formula is C9H16BrNO2. The van der Waals surface area contributed by atoms with Crippen LogP contribution in [0.2, 0.25) is 0 Å². The van der Waals surface area contributed by atoms with Crippen LogP contribution in [0.15, 0.2) is 0 Å². The second-order valence-corrected chi connectivity index (χ2v) is 3.92. The first-order valence-corrected chi connectivity index (χ1v) is 5.88. The molecule has 1 N–H and O–H groups in total. The lowest BCUT2D eigenvalue weighted by atomic mass is 10.2. The molecule has 2 atom stereocenters. The van der Waals surface area contributed by atoms with Crippen molar-refractivity contribution < 1.29 is 9.53 Å². The Hall–Kier alpha value is -0.0900. The predicted octanol–water partition coefficient (Wildman–Crippen LogP) is 1.46. The van der Waals surface area contributed by atoms with Crippen LogP contribution in [0.3, 0.4) is 0 Å². The van der Waals surface area contributed by atoms with Gasteiger partial charge in [0.25, 0.3) is 0 Å². The molecule has 4 heteroatoms. The van der Waals surface area contributed by atoms with Crippen LogP contribution in [0.25, 0.3) is 0 Å². The van der Waals surface area contributed by atoms with E-state index < -0.39 is 0 Å². The zero-order valence-corrected chi connectivity index (χ0v) is 9.47. The SMILES string of the molecule is CCC(CBr)NC(=O)C1CCCO1. The minimum absolute atomic E-state index is 0.0452. The first-order chi connectivity index (χ1) is 6.27. The standard InChI is InChI=1S/C9H16BrNO2/c1-2-7(6-10)11-9(12)8-4-3-5-13-8/h7-8H,2-6H2,1H3,(H,11,12). The minimum atomic E-state index is -0.201. The van der Waals surface area contributed by atoms with Crippen LogP contribution in [0.1, 0.15) is 26.2 Å². The van der Waals surface area contributed by atoms with Gasteiger partial charge in [0.05, 0.1) is 0 Å². The summed E-state index contributed by atoms with van der Waals surface area (Å²) in [4.78, 5) is 11.5.